The Morgan fingerprint density at radius 3 is 2.43 bits per heavy atom. The molecule has 1 heterocycles. The van der Waals surface area contributed by atoms with E-state index in [0.29, 0.717) is 26.3 Å². The first-order valence-electron chi connectivity index (χ1n) is 8.81. The lowest BCUT2D eigenvalue weighted by molar-refractivity contribution is 0.0172. The minimum Gasteiger partial charge on any atom is -0.494 e. The molecule has 0 radical (unpaired) electrons. The summed E-state index contributed by atoms with van der Waals surface area (Å²) in [5, 5.41) is 0. The van der Waals surface area contributed by atoms with Crippen LogP contribution in [0.25, 0.3) is 0 Å². The van der Waals surface area contributed by atoms with Crippen LogP contribution in [0, 0.1) is 11.6 Å². The molecule has 1 saturated heterocycles. The second kappa shape index (κ2) is 8.95. The second-order valence-corrected chi connectivity index (χ2v) is 8.13. The van der Waals surface area contributed by atoms with Crippen LogP contribution in [0.2, 0.25) is 0 Å². The van der Waals surface area contributed by atoms with E-state index in [-0.39, 0.29) is 29.0 Å². The molecule has 1 fully saturated rings. The molecule has 0 saturated carbocycles. The summed E-state index contributed by atoms with van der Waals surface area (Å²) in [7, 11) is -2.63. The molecule has 0 aliphatic carbocycles. The highest BCUT2D eigenvalue weighted by Gasteiger charge is 2.25. The molecule has 0 bridgehead atoms. The molecule has 6 nitrogen and oxygen atoms in total. The van der Waals surface area contributed by atoms with Gasteiger partial charge in [-0.05, 0) is 35.9 Å². The van der Waals surface area contributed by atoms with Gasteiger partial charge in [0.1, 0.15) is 5.82 Å². The topological polar surface area (TPSA) is 67.9 Å². The van der Waals surface area contributed by atoms with Gasteiger partial charge in [-0.25, -0.2) is 21.9 Å². The van der Waals surface area contributed by atoms with Gasteiger partial charge in [-0.2, -0.15) is 0 Å². The Morgan fingerprint density at radius 2 is 1.82 bits per heavy atom. The third kappa shape index (κ3) is 4.85. The summed E-state index contributed by atoms with van der Waals surface area (Å²) in [5.41, 5.74) is 0.784. The Balaban J connectivity index is 1.80. The summed E-state index contributed by atoms with van der Waals surface area (Å²) >= 11 is 0. The highest BCUT2D eigenvalue weighted by atomic mass is 32.2. The predicted molar refractivity (Wildman–Crippen MR) is 99.7 cm³/mol. The number of benzene rings is 2. The minimum absolute atomic E-state index is 0.0311. The maximum absolute atomic E-state index is 13.9. The van der Waals surface area contributed by atoms with Gasteiger partial charge in [-0.15, -0.1) is 0 Å². The quantitative estimate of drug-likeness (QED) is 0.756. The predicted octanol–water partition coefficient (Wildman–Crippen LogP) is 2.33. The van der Waals surface area contributed by atoms with E-state index in [9.17, 15) is 17.2 Å². The first kappa shape index (κ1) is 20.7. The average molecular weight is 412 g/mol. The number of hydrogen-bond donors (Lipinski definition) is 1. The maximum atomic E-state index is 13.9. The van der Waals surface area contributed by atoms with Gasteiger partial charge >= 0.3 is 0 Å². The zero-order valence-electron chi connectivity index (χ0n) is 15.4. The number of halogens is 2. The monoisotopic (exact) mass is 412 g/mol. The molecule has 1 aliphatic heterocycles. The maximum Gasteiger partial charge on any atom is 0.240 e. The molecule has 0 unspecified atom stereocenters. The number of ether oxygens (including phenoxy) is 2. The molecule has 2 aromatic carbocycles. The number of rotatable bonds is 7. The number of methoxy groups -OCH3 is 1. The Kier molecular flexibility index (Phi) is 6.61. The zero-order valence-corrected chi connectivity index (χ0v) is 16.2. The van der Waals surface area contributed by atoms with Gasteiger partial charge < -0.3 is 9.47 Å². The van der Waals surface area contributed by atoms with E-state index in [1.807, 2.05) is 0 Å². The van der Waals surface area contributed by atoms with Gasteiger partial charge in [0.25, 0.3) is 0 Å². The van der Waals surface area contributed by atoms with Crippen molar-refractivity contribution in [3.63, 3.8) is 0 Å². The fourth-order valence-corrected chi connectivity index (χ4v) is 4.17. The van der Waals surface area contributed by atoms with E-state index in [2.05, 4.69) is 9.62 Å². The highest BCUT2D eigenvalue weighted by molar-refractivity contribution is 7.89. The van der Waals surface area contributed by atoms with Crippen LogP contribution >= 0.6 is 0 Å². The van der Waals surface area contributed by atoms with Gasteiger partial charge in [-0.1, -0.05) is 12.1 Å². The van der Waals surface area contributed by atoms with Crippen LogP contribution in [0.5, 0.6) is 5.75 Å². The van der Waals surface area contributed by atoms with E-state index in [1.165, 1.54) is 31.4 Å². The lowest BCUT2D eigenvalue weighted by atomic mass is 10.0. The number of hydrogen-bond acceptors (Lipinski definition) is 5. The van der Waals surface area contributed by atoms with Gasteiger partial charge in [0, 0.05) is 25.7 Å². The van der Waals surface area contributed by atoms with Crippen LogP contribution in [0.1, 0.15) is 11.6 Å². The molecule has 1 N–H and O–H groups in total. The minimum atomic E-state index is -3.94. The fraction of sp³-hybridized carbons (Fsp3) is 0.368. The van der Waals surface area contributed by atoms with Crippen LogP contribution in [0.3, 0.4) is 0 Å². The average Bonchev–Trinajstić information content (AvgIpc) is 2.70. The van der Waals surface area contributed by atoms with Crippen LogP contribution in [-0.2, 0) is 14.8 Å². The van der Waals surface area contributed by atoms with Crippen molar-refractivity contribution < 1.29 is 26.7 Å². The number of morpholine rings is 1. The van der Waals surface area contributed by atoms with Crippen LogP contribution in [0.4, 0.5) is 8.78 Å². The standard InChI is InChI=1S/C19H22F2N2O4S/c1-26-19-7-6-16(12-17(19)21)28(24,25)22-13-18(23-8-10-27-11-9-23)14-2-4-15(20)5-3-14/h2-7,12,18,22H,8-11,13H2,1H3/t18-/m0/s1. The molecule has 0 amide bonds. The molecule has 0 aromatic heterocycles. The summed E-state index contributed by atoms with van der Waals surface area (Å²) in [6.07, 6.45) is 0. The molecular formula is C19H22F2N2O4S. The third-order valence-electron chi connectivity index (χ3n) is 4.64. The molecule has 9 heteroatoms. The summed E-state index contributed by atoms with van der Waals surface area (Å²) < 4.78 is 65.2. The van der Waals surface area contributed by atoms with Crippen molar-refractivity contribution in [3.8, 4) is 5.75 Å². The van der Waals surface area contributed by atoms with Crippen LogP contribution in [0.15, 0.2) is 47.4 Å². The molecule has 1 aliphatic rings. The van der Waals surface area contributed by atoms with Crippen LogP contribution in [-0.4, -0.2) is 53.3 Å². The van der Waals surface area contributed by atoms with Crippen molar-refractivity contribution in [2.24, 2.45) is 0 Å². The summed E-state index contributed by atoms with van der Waals surface area (Å²) in [4.78, 5) is 1.89. The number of sulfonamides is 1. The Morgan fingerprint density at radius 1 is 1.14 bits per heavy atom. The summed E-state index contributed by atoms with van der Waals surface area (Å²) in [6, 6.07) is 9.13. The van der Waals surface area contributed by atoms with E-state index in [0.717, 1.165) is 11.6 Å². The highest BCUT2D eigenvalue weighted by Crippen LogP contribution is 2.24. The first-order valence-corrected chi connectivity index (χ1v) is 10.3. The SMILES string of the molecule is COc1ccc(S(=O)(=O)NC[C@@H](c2ccc(F)cc2)N2CCOCC2)cc1F. The molecule has 2 aromatic rings. The number of nitrogens with one attached hydrogen (secondary N) is 1. The third-order valence-corrected chi connectivity index (χ3v) is 6.06. The lowest BCUT2D eigenvalue weighted by Gasteiger charge is -2.34. The Hall–Kier alpha value is -2.07. The molecule has 152 valence electrons. The van der Waals surface area contributed by atoms with Crippen molar-refractivity contribution in [1.29, 1.82) is 0 Å². The normalized spacial score (nSPS) is 16.7. The number of nitrogens with zero attached hydrogens (tertiary/aromatic N) is 1. The van der Waals surface area contributed by atoms with E-state index >= 15 is 0 Å². The Bertz CT molecular complexity index is 901. The van der Waals surface area contributed by atoms with Gasteiger partial charge in [0.15, 0.2) is 11.6 Å². The van der Waals surface area contributed by atoms with Crippen molar-refractivity contribution in [2.45, 2.75) is 10.9 Å². The molecule has 0 spiro atoms. The summed E-state index contributed by atoms with van der Waals surface area (Å²) in [5.74, 6) is -1.15. The smallest absolute Gasteiger partial charge is 0.240 e. The molecule has 1 atom stereocenters. The van der Waals surface area contributed by atoms with Gasteiger partial charge in [0.05, 0.1) is 25.2 Å². The van der Waals surface area contributed by atoms with Crippen molar-refractivity contribution in [2.75, 3.05) is 40.0 Å². The molecule has 3 rings (SSSR count). The molecule has 28 heavy (non-hydrogen) atoms. The van der Waals surface area contributed by atoms with E-state index in [1.54, 1.807) is 12.1 Å². The van der Waals surface area contributed by atoms with Gasteiger partial charge in [0.2, 0.25) is 10.0 Å². The van der Waals surface area contributed by atoms with Crippen LogP contribution < -0.4 is 9.46 Å². The van der Waals surface area contributed by atoms with E-state index < -0.39 is 15.8 Å². The zero-order chi connectivity index (χ0) is 20.1. The molecular weight excluding hydrogens is 390 g/mol. The Labute approximate surface area is 163 Å². The second-order valence-electron chi connectivity index (χ2n) is 6.36. The van der Waals surface area contributed by atoms with Crippen molar-refractivity contribution >= 4 is 10.0 Å². The largest absolute Gasteiger partial charge is 0.494 e. The van der Waals surface area contributed by atoms with Crippen molar-refractivity contribution in [3.05, 3.63) is 59.7 Å². The van der Waals surface area contributed by atoms with Gasteiger partial charge in [-0.3, -0.25) is 4.90 Å². The van der Waals surface area contributed by atoms with E-state index in [4.69, 9.17) is 9.47 Å². The summed E-state index contributed by atoms with van der Waals surface area (Å²) in [6.45, 7) is 2.38. The van der Waals surface area contributed by atoms with Crippen molar-refractivity contribution in [1.82, 2.24) is 9.62 Å². The first-order chi connectivity index (χ1) is 13.4. The fourth-order valence-electron chi connectivity index (χ4n) is 3.12. The lowest BCUT2D eigenvalue weighted by Crippen LogP contribution is -2.43.